The summed E-state index contributed by atoms with van der Waals surface area (Å²) in [6.45, 7) is 0.513. The molecule has 3 aromatic rings. The largest absolute Gasteiger partial charge is 0.377 e. The van der Waals surface area contributed by atoms with Gasteiger partial charge in [-0.2, -0.15) is 9.61 Å². The van der Waals surface area contributed by atoms with Crippen LogP contribution in [0.5, 0.6) is 0 Å². The zero-order chi connectivity index (χ0) is 12.4. The van der Waals surface area contributed by atoms with Crippen LogP contribution >= 0.6 is 11.3 Å². The molecule has 0 fully saturated rings. The summed E-state index contributed by atoms with van der Waals surface area (Å²) in [6.07, 6.45) is 0.734. The fourth-order valence-electron chi connectivity index (χ4n) is 1.77. The van der Waals surface area contributed by atoms with Crippen molar-refractivity contribution in [3.63, 3.8) is 0 Å². The number of fused-ring (bicyclic) bond motifs is 1. The predicted molar refractivity (Wildman–Crippen MR) is 68.6 cm³/mol. The zero-order valence-electron chi connectivity index (χ0n) is 9.91. The minimum Gasteiger partial charge on any atom is -0.377 e. The molecule has 0 aliphatic heterocycles. The number of hydrogen-bond donors (Lipinski definition) is 0. The van der Waals surface area contributed by atoms with Crippen molar-refractivity contribution in [2.45, 2.75) is 13.0 Å². The van der Waals surface area contributed by atoms with Crippen molar-refractivity contribution in [2.75, 3.05) is 7.11 Å². The molecule has 0 radical (unpaired) electrons. The highest BCUT2D eigenvalue weighted by Gasteiger charge is 2.11. The molecule has 18 heavy (non-hydrogen) atoms. The Morgan fingerprint density at radius 3 is 2.83 bits per heavy atom. The summed E-state index contributed by atoms with van der Waals surface area (Å²) >= 11 is 1.51. The molecule has 0 spiro atoms. The average molecular weight is 260 g/mol. The molecule has 2 aromatic heterocycles. The maximum Gasteiger partial charge on any atom is 0.234 e. The number of ether oxygens (including phenoxy) is 1. The second kappa shape index (κ2) is 4.83. The van der Waals surface area contributed by atoms with E-state index in [1.165, 1.54) is 16.9 Å². The van der Waals surface area contributed by atoms with E-state index in [1.807, 2.05) is 18.2 Å². The third-order valence-corrected chi connectivity index (χ3v) is 3.44. The minimum absolute atomic E-state index is 0.513. The van der Waals surface area contributed by atoms with Gasteiger partial charge in [0.2, 0.25) is 4.96 Å². The topological polar surface area (TPSA) is 52.3 Å². The van der Waals surface area contributed by atoms with Crippen LogP contribution in [-0.2, 0) is 17.8 Å². The molecule has 3 rings (SSSR count). The van der Waals surface area contributed by atoms with Crippen LogP contribution in [0.1, 0.15) is 16.4 Å². The van der Waals surface area contributed by atoms with E-state index in [9.17, 15) is 0 Å². The lowest BCUT2D eigenvalue weighted by Crippen LogP contribution is -1.98. The average Bonchev–Trinajstić information content (AvgIpc) is 2.93. The first kappa shape index (κ1) is 11.3. The predicted octanol–water partition coefficient (Wildman–Crippen LogP) is 1.92. The molecule has 6 heteroatoms. The van der Waals surface area contributed by atoms with Gasteiger partial charge in [0.25, 0.3) is 0 Å². The fourth-order valence-corrected chi connectivity index (χ4v) is 2.59. The van der Waals surface area contributed by atoms with E-state index in [2.05, 4.69) is 27.4 Å². The first-order chi connectivity index (χ1) is 8.86. The van der Waals surface area contributed by atoms with Gasteiger partial charge in [-0.25, -0.2) is 0 Å². The van der Waals surface area contributed by atoms with Crippen LogP contribution in [0.3, 0.4) is 0 Å². The monoisotopic (exact) mass is 260 g/mol. The third kappa shape index (κ3) is 2.12. The lowest BCUT2D eigenvalue weighted by Gasteiger charge is -1.97. The van der Waals surface area contributed by atoms with E-state index >= 15 is 0 Å². The van der Waals surface area contributed by atoms with Crippen LogP contribution < -0.4 is 0 Å². The third-order valence-electron chi connectivity index (χ3n) is 2.57. The van der Waals surface area contributed by atoms with Crippen LogP contribution in [0.15, 0.2) is 30.3 Å². The molecule has 0 amide bonds. The lowest BCUT2D eigenvalue weighted by atomic mass is 10.1. The smallest absolute Gasteiger partial charge is 0.234 e. The van der Waals surface area contributed by atoms with E-state index in [1.54, 1.807) is 11.6 Å². The maximum absolute atomic E-state index is 5.07. The number of benzene rings is 1. The van der Waals surface area contributed by atoms with Gasteiger partial charge in [0.1, 0.15) is 5.01 Å². The van der Waals surface area contributed by atoms with Gasteiger partial charge >= 0.3 is 0 Å². The van der Waals surface area contributed by atoms with E-state index in [-0.39, 0.29) is 0 Å². The van der Waals surface area contributed by atoms with Crippen LogP contribution in [0.2, 0.25) is 0 Å². The lowest BCUT2D eigenvalue weighted by molar-refractivity contribution is 0.183. The molecular formula is C12H12N4OS. The maximum atomic E-state index is 5.07. The van der Waals surface area contributed by atoms with Gasteiger partial charge in [-0.05, 0) is 5.56 Å². The van der Waals surface area contributed by atoms with Gasteiger partial charge in [0.05, 0.1) is 6.61 Å². The fraction of sp³-hybridized carbons (Fsp3) is 0.250. The summed E-state index contributed by atoms with van der Waals surface area (Å²) in [6, 6.07) is 10.2. The first-order valence-corrected chi connectivity index (χ1v) is 6.41. The van der Waals surface area contributed by atoms with Crippen LogP contribution in [0.25, 0.3) is 4.96 Å². The van der Waals surface area contributed by atoms with E-state index < -0.39 is 0 Å². The van der Waals surface area contributed by atoms with Crippen LogP contribution in [0.4, 0.5) is 0 Å². The molecule has 0 unspecified atom stereocenters. The van der Waals surface area contributed by atoms with Gasteiger partial charge in [0.15, 0.2) is 5.82 Å². The van der Waals surface area contributed by atoms with Crippen LogP contribution in [-0.4, -0.2) is 26.9 Å². The van der Waals surface area contributed by atoms with Gasteiger partial charge < -0.3 is 4.74 Å². The molecule has 0 saturated heterocycles. The molecule has 1 aromatic carbocycles. The van der Waals surface area contributed by atoms with Crippen molar-refractivity contribution in [1.29, 1.82) is 0 Å². The highest BCUT2D eigenvalue weighted by Crippen LogP contribution is 2.16. The van der Waals surface area contributed by atoms with Crippen molar-refractivity contribution < 1.29 is 4.74 Å². The Kier molecular flexibility index (Phi) is 3.04. The molecular weight excluding hydrogens is 248 g/mol. The summed E-state index contributed by atoms with van der Waals surface area (Å²) in [7, 11) is 1.66. The molecule has 0 N–H and O–H groups in total. The second-order valence-electron chi connectivity index (χ2n) is 3.90. The summed E-state index contributed by atoms with van der Waals surface area (Å²) in [5, 5.41) is 13.7. The number of methoxy groups -OCH3 is 1. The Balaban J connectivity index is 1.92. The molecule has 5 nitrogen and oxygen atoms in total. The normalized spacial score (nSPS) is 11.2. The van der Waals surface area contributed by atoms with Crippen molar-refractivity contribution in [2.24, 2.45) is 0 Å². The Morgan fingerprint density at radius 2 is 2.06 bits per heavy atom. The first-order valence-electron chi connectivity index (χ1n) is 5.59. The molecule has 0 aliphatic carbocycles. The summed E-state index contributed by atoms with van der Waals surface area (Å²) < 4.78 is 6.87. The summed E-state index contributed by atoms with van der Waals surface area (Å²) in [4.78, 5) is 0.813. The van der Waals surface area contributed by atoms with E-state index in [4.69, 9.17) is 4.74 Å². The van der Waals surface area contributed by atoms with Crippen molar-refractivity contribution in [3.8, 4) is 0 Å². The Labute approximate surface area is 108 Å². The summed E-state index contributed by atoms with van der Waals surface area (Å²) in [5.74, 6) is 0.856. The molecule has 92 valence electrons. The van der Waals surface area contributed by atoms with Crippen molar-refractivity contribution >= 4 is 16.3 Å². The minimum atomic E-state index is 0.513. The van der Waals surface area contributed by atoms with Gasteiger partial charge in [0, 0.05) is 13.5 Å². The van der Waals surface area contributed by atoms with Gasteiger partial charge in [-0.1, -0.05) is 41.7 Å². The molecule has 0 saturated carbocycles. The van der Waals surface area contributed by atoms with Gasteiger partial charge in [-0.3, -0.25) is 0 Å². The highest BCUT2D eigenvalue weighted by atomic mass is 32.1. The second-order valence-corrected chi connectivity index (χ2v) is 4.94. The van der Waals surface area contributed by atoms with E-state index in [0.717, 1.165) is 22.2 Å². The Hall–Kier alpha value is -1.79. The summed E-state index contributed by atoms with van der Waals surface area (Å²) in [5.41, 5.74) is 1.20. The Morgan fingerprint density at radius 1 is 1.22 bits per heavy atom. The van der Waals surface area contributed by atoms with Crippen LogP contribution in [0, 0.1) is 0 Å². The number of hydrogen-bond acceptors (Lipinski definition) is 5. The zero-order valence-corrected chi connectivity index (χ0v) is 10.7. The molecule has 0 aliphatic rings. The SMILES string of the molecule is COCc1nn2c(Cc3ccccc3)nnc2s1. The van der Waals surface area contributed by atoms with E-state index in [0.29, 0.717) is 6.61 Å². The number of nitrogens with zero attached hydrogens (tertiary/aromatic N) is 4. The molecule has 2 heterocycles. The molecule has 0 bridgehead atoms. The van der Waals surface area contributed by atoms with Gasteiger partial charge in [-0.15, -0.1) is 10.2 Å². The van der Waals surface area contributed by atoms with Crippen molar-refractivity contribution in [1.82, 2.24) is 19.8 Å². The standard InChI is InChI=1S/C12H12N4OS/c1-17-8-11-15-16-10(13-14-12(16)18-11)7-9-5-3-2-4-6-9/h2-6H,7-8H2,1H3. The molecule has 0 atom stereocenters. The highest BCUT2D eigenvalue weighted by molar-refractivity contribution is 7.16. The number of aromatic nitrogens is 4. The number of rotatable bonds is 4. The quantitative estimate of drug-likeness (QED) is 0.719. The Bertz CT molecular complexity index is 646. The van der Waals surface area contributed by atoms with Crippen molar-refractivity contribution in [3.05, 3.63) is 46.7 Å².